The first-order chi connectivity index (χ1) is 10.6. The molecule has 0 aromatic heterocycles. The fourth-order valence-electron chi connectivity index (χ4n) is 2.52. The number of aromatic carboxylic acids is 1. The van der Waals surface area contributed by atoms with Gasteiger partial charge in [0.05, 0.1) is 11.3 Å². The van der Waals surface area contributed by atoms with Crippen molar-refractivity contribution in [3.63, 3.8) is 0 Å². The molecule has 0 saturated carbocycles. The van der Waals surface area contributed by atoms with Crippen LogP contribution in [0, 0.1) is 0 Å². The summed E-state index contributed by atoms with van der Waals surface area (Å²) in [6, 6.07) is 14.3. The Hall–Kier alpha value is -2.82. The van der Waals surface area contributed by atoms with E-state index in [2.05, 4.69) is 0 Å². The van der Waals surface area contributed by atoms with Crippen molar-refractivity contribution in [2.24, 2.45) is 0 Å². The maximum atomic E-state index is 12.2. The van der Waals surface area contributed by atoms with Gasteiger partial charge in [-0.2, -0.15) is 0 Å². The molecule has 0 atom stereocenters. The number of nitrogens with zero attached hydrogens (tertiary/aromatic N) is 1. The van der Waals surface area contributed by atoms with Gasteiger partial charge < -0.3 is 9.84 Å². The van der Waals surface area contributed by atoms with Crippen LogP contribution in [-0.4, -0.2) is 23.7 Å². The topological polar surface area (TPSA) is 66.8 Å². The predicted octanol–water partition coefficient (Wildman–Crippen LogP) is 3.08. The van der Waals surface area contributed by atoms with E-state index in [-0.39, 0.29) is 12.2 Å². The van der Waals surface area contributed by atoms with E-state index >= 15 is 0 Å². The lowest BCUT2D eigenvalue weighted by Gasteiger charge is -2.17. The first-order valence-electron chi connectivity index (χ1n) is 6.99. The Morgan fingerprint density at radius 3 is 2.64 bits per heavy atom. The number of fused-ring (bicyclic) bond motifs is 1. The van der Waals surface area contributed by atoms with Crippen LogP contribution in [0.3, 0.4) is 0 Å². The third kappa shape index (κ3) is 2.79. The molecule has 0 aliphatic carbocycles. The van der Waals surface area contributed by atoms with E-state index in [1.165, 1.54) is 6.07 Å². The molecule has 0 spiro atoms. The highest BCUT2D eigenvalue weighted by Crippen LogP contribution is 2.29. The number of anilines is 1. The van der Waals surface area contributed by atoms with Gasteiger partial charge in [-0.3, -0.25) is 4.90 Å². The van der Waals surface area contributed by atoms with Gasteiger partial charge in [-0.25, -0.2) is 9.59 Å². The van der Waals surface area contributed by atoms with Gasteiger partial charge in [0.2, 0.25) is 0 Å². The average molecular weight is 297 g/mol. The highest BCUT2D eigenvalue weighted by molar-refractivity contribution is 5.93. The zero-order chi connectivity index (χ0) is 15.5. The molecule has 2 aromatic carbocycles. The summed E-state index contributed by atoms with van der Waals surface area (Å²) in [5.74, 6) is -0.965. The number of ether oxygens (including phenoxy) is 1. The van der Waals surface area contributed by atoms with Gasteiger partial charge in [0.25, 0.3) is 0 Å². The van der Waals surface area contributed by atoms with E-state index in [0.717, 1.165) is 16.8 Å². The van der Waals surface area contributed by atoms with Crippen molar-refractivity contribution in [1.82, 2.24) is 0 Å². The Bertz CT molecular complexity index is 712. The van der Waals surface area contributed by atoms with Gasteiger partial charge in [0.1, 0.15) is 6.61 Å². The van der Waals surface area contributed by atoms with E-state index in [1.54, 1.807) is 17.0 Å². The molecule has 0 fully saturated rings. The lowest BCUT2D eigenvalue weighted by atomic mass is 10.1. The molecule has 0 saturated heterocycles. The van der Waals surface area contributed by atoms with Crippen molar-refractivity contribution >= 4 is 17.7 Å². The largest absolute Gasteiger partial charge is 0.478 e. The van der Waals surface area contributed by atoms with Crippen LogP contribution >= 0.6 is 0 Å². The van der Waals surface area contributed by atoms with Crippen molar-refractivity contribution in [2.45, 2.75) is 13.0 Å². The van der Waals surface area contributed by atoms with E-state index in [4.69, 9.17) is 9.84 Å². The second-order valence-electron chi connectivity index (χ2n) is 5.09. The molecule has 1 aliphatic heterocycles. The Morgan fingerprint density at radius 1 is 1.14 bits per heavy atom. The summed E-state index contributed by atoms with van der Waals surface area (Å²) in [4.78, 5) is 24.7. The van der Waals surface area contributed by atoms with E-state index < -0.39 is 12.1 Å². The maximum Gasteiger partial charge on any atom is 0.414 e. The van der Waals surface area contributed by atoms with Crippen LogP contribution in [0.15, 0.2) is 48.5 Å². The van der Waals surface area contributed by atoms with Gasteiger partial charge in [-0.15, -0.1) is 0 Å². The molecular weight excluding hydrogens is 282 g/mol. The van der Waals surface area contributed by atoms with Crippen molar-refractivity contribution in [1.29, 1.82) is 0 Å². The minimum Gasteiger partial charge on any atom is -0.478 e. The van der Waals surface area contributed by atoms with E-state index in [0.29, 0.717) is 13.0 Å². The summed E-state index contributed by atoms with van der Waals surface area (Å²) < 4.78 is 5.32. The third-order valence-electron chi connectivity index (χ3n) is 3.65. The summed E-state index contributed by atoms with van der Waals surface area (Å²) in [5.41, 5.74) is 2.74. The zero-order valence-electron chi connectivity index (χ0n) is 11.9. The minimum atomic E-state index is -0.965. The summed E-state index contributed by atoms with van der Waals surface area (Å²) in [6.07, 6.45) is 0.224. The predicted molar refractivity (Wildman–Crippen MR) is 81.1 cm³/mol. The van der Waals surface area contributed by atoms with Crippen molar-refractivity contribution in [3.05, 3.63) is 65.2 Å². The molecule has 0 bridgehead atoms. The fourth-order valence-corrected chi connectivity index (χ4v) is 2.52. The summed E-state index contributed by atoms with van der Waals surface area (Å²) in [5, 5.41) is 9.00. The number of carboxylic acid groups (broad SMARTS) is 1. The molecule has 5 heteroatoms. The lowest BCUT2D eigenvalue weighted by molar-refractivity contribution is 0.0696. The second-order valence-corrected chi connectivity index (χ2v) is 5.09. The highest BCUT2D eigenvalue weighted by atomic mass is 16.6. The molecular formula is C17H15NO4. The Morgan fingerprint density at radius 2 is 1.91 bits per heavy atom. The smallest absolute Gasteiger partial charge is 0.414 e. The number of carboxylic acids is 1. The number of carbonyl (C=O) groups is 2. The van der Waals surface area contributed by atoms with Crippen LogP contribution in [0.4, 0.5) is 10.5 Å². The first kappa shape index (κ1) is 14.1. The molecule has 5 nitrogen and oxygen atoms in total. The normalized spacial score (nSPS) is 12.8. The molecule has 1 amide bonds. The minimum absolute atomic E-state index is 0.221. The quantitative estimate of drug-likeness (QED) is 0.945. The van der Waals surface area contributed by atoms with Gasteiger partial charge >= 0.3 is 12.1 Å². The average Bonchev–Trinajstić information content (AvgIpc) is 2.96. The number of amides is 1. The number of carbonyl (C=O) groups excluding carboxylic acids is 1. The molecule has 1 heterocycles. The Balaban J connectivity index is 1.70. The van der Waals surface area contributed by atoms with Crippen molar-refractivity contribution in [2.75, 3.05) is 11.4 Å². The molecule has 2 aromatic rings. The van der Waals surface area contributed by atoms with E-state index in [1.807, 2.05) is 30.3 Å². The molecule has 3 rings (SSSR count). The molecule has 1 aliphatic rings. The van der Waals surface area contributed by atoms with Crippen LogP contribution in [0.2, 0.25) is 0 Å². The SMILES string of the molecule is O=C(O)c1ccc2c(c1)CCN2C(=O)OCc1ccccc1. The first-order valence-corrected chi connectivity index (χ1v) is 6.99. The molecule has 1 N–H and O–H groups in total. The number of benzene rings is 2. The highest BCUT2D eigenvalue weighted by Gasteiger charge is 2.26. The Labute approximate surface area is 127 Å². The second kappa shape index (κ2) is 5.89. The van der Waals surface area contributed by atoms with Crippen molar-refractivity contribution < 1.29 is 19.4 Å². The fraction of sp³-hybridized carbons (Fsp3) is 0.176. The number of hydrogen-bond acceptors (Lipinski definition) is 3. The molecule has 0 unspecified atom stereocenters. The third-order valence-corrected chi connectivity index (χ3v) is 3.65. The standard InChI is InChI=1S/C17H15NO4/c19-16(20)14-6-7-15-13(10-14)8-9-18(15)17(21)22-11-12-4-2-1-3-5-12/h1-7,10H,8-9,11H2,(H,19,20). The van der Waals surface area contributed by atoms with Crippen molar-refractivity contribution in [3.8, 4) is 0 Å². The van der Waals surface area contributed by atoms with Gasteiger partial charge in [-0.05, 0) is 35.7 Å². The molecule has 22 heavy (non-hydrogen) atoms. The number of hydrogen-bond donors (Lipinski definition) is 1. The summed E-state index contributed by atoms with van der Waals surface area (Å²) in [7, 11) is 0. The summed E-state index contributed by atoms with van der Waals surface area (Å²) >= 11 is 0. The number of rotatable bonds is 3. The molecule has 112 valence electrons. The van der Waals surface area contributed by atoms with Gasteiger partial charge in [-0.1, -0.05) is 30.3 Å². The zero-order valence-corrected chi connectivity index (χ0v) is 11.9. The van der Waals surface area contributed by atoms with Gasteiger partial charge in [0.15, 0.2) is 0 Å². The maximum absolute atomic E-state index is 12.2. The van der Waals surface area contributed by atoms with Crippen LogP contribution in [0.1, 0.15) is 21.5 Å². The van der Waals surface area contributed by atoms with Crippen LogP contribution in [0.25, 0.3) is 0 Å². The van der Waals surface area contributed by atoms with Crippen LogP contribution in [0.5, 0.6) is 0 Å². The summed E-state index contributed by atoms with van der Waals surface area (Å²) in [6.45, 7) is 0.727. The Kier molecular flexibility index (Phi) is 3.78. The van der Waals surface area contributed by atoms with Gasteiger partial charge in [0, 0.05) is 6.54 Å². The molecule has 0 radical (unpaired) electrons. The monoisotopic (exact) mass is 297 g/mol. The van der Waals surface area contributed by atoms with E-state index in [9.17, 15) is 9.59 Å². The van der Waals surface area contributed by atoms with Crippen LogP contribution in [-0.2, 0) is 17.8 Å². The lowest BCUT2D eigenvalue weighted by Crippen LogP contribution is -2.29. The van der Waals surface area contributed by atoms with Crippen LogP contribution < -0.4 is 4.90 Å².